The van der Waals surface area contributed by atoms with E-state index in [1.165, 1.54) is 12.1 Å². The fourth-order valence-corrected chi connectivity index (χ4v) is 2.30. The van der Waals surface area contributed by atoms with Crippen LogP contribution in [0.3, 0.4) is 0 Å². The third-order valence-electron chi connectivity index (χ3n) is 3.63. The molecular weight excluding hydrogens is 283 g/mol. The van der Waals surface area contributed by atoms with Gasteiger partial charge < -0.3 is 10.6 Å². The first kappa shape index (κ1) is 15.3. The molecule has 0 spiro atoms. The number of alkyl halides is 3. The van der Waals surface area contributed by atoms with E-state index in [2.05, 4.69) is 10.6 Å². The molecule has 0 saturated carbocycles. The maximum absolute atomic E-state index is 13.2. The van der Waals surface area contributed by atoms with Crippen molar-refractivity contribution >= 4 is 11.6 Å². The summed E-state index contributed by atoms with van der Waals surface area (Å²) in [4.78, 5) is 12.1. The molecule has 0 radical (unpaired) electrons. The van der Waals surface area contributed by atoms with Crippen LogP contribution in [0.15, 0.2) is 24.3 Å². The maximum atomic E-state index is 13.2. The molecule has 4 nitrogen and oxygen atoms in total. The summed E-state index contributed by atoms with van der Waals surface area (Å²) in [5.41, 5.74) is -1.35. The molecule has 1 aliphatic heterocycles. The van der Waals surface area contributed by atoms with Crippen molar-refractivity contribution in [2.45, 2.75) is 19.0 Å². The SMILES string of the molecule is N#CCc1ccc(NC(=O)C2(C(F)(F)F)CCNC2)cc1. The molecule has 1 atom stereocenters. The lowest BCUT2D eigenvalue weighted by Crippen LogP contribution is -2.49. The van der Waals surface area contributed by atoms with Crippen LogP contribution >= 0.6 is 0 Å². The molecule has 1 heterocycles. The summed E-state index contributed by atoms with van der Waals surface area (Å²) in [5.74, 6) is -1.05. The third-order valence-corrected chi connectivity index (χ3v) is 3.63. The predicted octanol–water partition coefficient (Wildman–Crippen LogP) is 2.23. The Labute approximate surface area is 119 Å². The lowest BCUT2D eigenvalue weighted by atomic mass is 9.85. The van der Waals surface area contributed by atoms with Crippen LogP contribution in [0, 0.1) is 16.7 Å². The smallest absolute Gasteiger partial charge is 0.325 e. The van der Waals surface area contributed by atoms with E-state index < -0.39 is 24.0 Å². The molecule has 1 saturated heterocycles. The van der Waals surface area contributed by atoms with Gasteiger partial charge in [0, 0.05) is 12.2 Å². The van der Waals surface area contributed by atoms with Gasteiger partial charge in [-0.05, 0) is 30.7 Å². The molecule has 112 valence electrons. The minimum absolute atomic E-state index is 0.161. The number of amides is 1. The highest BCUT2D eigenvalue weighted by molar-refractivity contribution is 5.96. The number of halogens is 3. The van der Waals surface area contributed by atoms with Crippen molar-refractivity contribution < 1.29 is 18.0 Å². The minimum Gasteiger partial charge on any atom is -0.325 e. The lowest BCUT2D eigenvalue weighted by molar-refractivity contribution is -0.213. The number of nitriles is 1. The van der Waals surface area contributed by atoms with Gasteiger partial charge in [-0.15, -0.1) is 0 Å². The van der Waals surface area contributed by atoms with Gasteiger partial charge in [-0.25, -0.2) is 0 Å². The summed E-state index contributed by atoms with van der Waals surface area (Å²) in [5, 5.41) is 13.5. The van der Waals surface area contributed by atoms with E-state index in [-0.39, 0.29) is 25.1 Å². The van der Waals surface area contributed by atoms with Gasteiger partial charge in [0.05, 0.1) is 12.5 Å². The number of rotatable bonds is 3. The average molecular weight is 297 g/mol. The first-order valence-corrected chi connectivity index (χ1v) is 6.44. The summed E-state index contributed by atoms with van der Waals surface area (Å²) >= 11 is 0. The fourth-order valence-electron chi connectivity index (χ4n) is 2.30. The van der Waals surface area contributed by atoms with Crippen LogP contribution in [0.2, 0.25) is 0 Å². The monoisotopic (exact) mass is 297 g/mol. The Morgan fingerprint density at radius 1 is 1.38 bits per heavy atom. The van der Waals surface area contributed by atoms with E-state index in [4.69, 9.17) is 5.26 Å². The molecule has 0 aromatic heterocycles. The molecule has 1 amide bonds. The van der Waals surface area contributed by atoms with Crippen LogP contribution in [0.5, 0.6) is 0 Å². The highest BCUT2D eigenvalue weighted by Crippen LogP contribution is 2.43. The zero-order chi connectivity index (χ0) is 15.5. The van der Waals surface area contributed by atoms with Crippen molar-refractivity contribution in [3.05, 3.63) is 29.8 Å². The van der Waals surface area contributed by atoms with Crippen LogP contribution in [0.4, 0.5) is 18.9 Å². The van der Waals surface area contributed by atoms with Crippen LogP contribution in [0.25, 0.3) is 0 Å². The second-order valence-corrected chi connectivity index (χ2v) is 4.99. The quantitative estimate of drug-likeness (QED) is 0.899. The number of nitrogens with one attached hydrogen (secondary N) is 2. The second kappa shape index (κ2) is 5.74. The Morgan fingerprint density at radius 3 is 2.52 bits per heavy atom. The molecule has 7 heteroatoms. The number of carbonyl (C=O) groups excluding carboxylic acids is 1. The highest BCUT2D eigenvalue weighted by Gasteiger charge is 2.61. The van der Waals surface area contributed by atoms with Gasteiger partial charge in [0.25, 0.3) is 0 Å². The number of carbonyl (C=O) groups is 1. The van der Waals surface area contributed by atoms with Crippen molar-refractivity contribution in [3.8, 4) is 6.07 Å². The normalized spacial score (nSPS) is 21.8. The molecular formula is C14H14F3N3O. The largest absolute Gasteiger partial charge is 0.404 e. The van der Waals surface area contributed by atoms with Gasteiger partial charge in [0.15, 0.2) is 5.41 Å². The molecule has 21 heavy (non-hydrogen) atoms. The van der Waals surface area contributed by atoms with Crippen molar-refractivity contribution in [1.82, 2.24) is 5.32 Å². The van der Waals surface area contributed by atoms with Crippen molar-refractivity contribution in [2.24, 2.45) is 5.41 Å². The molecule has 0 bridgehead atoms. The summed E-state index contributed by atoms with van der Waals surface area (Å²) < 4.78 is 39.6. The van der Waals surface area contributed by atoms with Gasteiger partial charge in [-0.1, -0.05) is 12.1 Å². The summed E-state index contributed by atoms with van der Waals surface area (Å²) in [6.45, 7) is -0.247. The van der Waals surface area contributed by atoms with Gasteiger partial charge >= 0.3 is 6.18 Å². The van der Waals surface area contributed by atoms with E-state index in [1.54, 1.807) is 12.1 Å². The standard InChI is InChI=1S/C14H14F3N3O/c15-14(16,17)13(6-8-19-9-13)12(21)20-11-3-1-10(2-4-11)5-7-18/h1-4,19H,5-6,8-9H2,(H,20,21). The number of benzene rings is 1. The molecule has 1 aromatic rings. The van der Waals surface area contributed by atoms with Crippen LogP contribution in [-0.4, -0.2) is 25.2 Å². The molecule has 1 aliphatic rings. The second-order valence-electron chi connectivity index (χ2n) is 4.99. The lowest BCUT2D eigenvalue weighted by Gasteiger charge is -2.29. The Bertz CT molecular complexity index is 554. The zero-order valence-electron chi connectivity index (χ0n) is 11.1. The fraction of sp³-hybridized carbons (Fsp3) is 0.429. The molecule has 1 fully saturated rings. The molecule has 1 unspecified atom stereocenters. The third kappa shape index (κ3) is 3.00. The minimum atomic E-state index is -4.60. The van der Waals surface area contributed by atoms with Gasteiger partial charge in [0.1, 0.15) is 0 Å². The summed E-state index contributed by atoms with van der Waals surface area (Å²) in [6, 6.07) is 8.17. The summed E-state index contributed by atoms with van der Waals surface area (Å²) in [6.07, 6.45) is -4.65. The van der Waals surface area contributed by atoms with Gasteiger partial charge in [-0.2, -0.15) is 18.4 Å². The highest BCUT2D eigenvalue weighted by atomic mass is 19.4. The Morgan fingerprint density at radius 2 is 2.05 bits per heavy atom. The van der Waals surface area contributed by atoms with Crippen molar-refractivity contribution in [3.63, 3.8) is 0 Å². The van der Waals surface area contributed by atoms with Crippen molar-refractivity contribution in [1.29, 1.82) is 5.26 Å². The molecule has 0 aliphatic carbocycles. The Hall–Kier alpha value is -2.07. The topological polar surface area (TPSA) is 64.9 Å². The van der Waals surface area contributed by atoms with Crippen LogP contribution < -0.4 is 10.6 Å². The number of anilines is 1. The average Bonchev–Trinajstić information content (AvgIpc) is 2.91. The van der Waals surface area contributed by atoms with E-state index >= 15 is 0 Å². The predicted molar refractivity (Wildman–Crippen MR) is 70.4 cm³/mol. The first-order valence-electron chi connectivity index (χ1n) is 6.44. The van der Waals surface area contributed by atoms with Gasteiger partial charge in [-0.3, -0.25) is 4.79 Å². The summed E-state index contributed by atoms with van der Waals surface area (Å²) in [7, 11) is 0. The Balaban J connectivity index is 2.15. The van der Waals surface area contributed by atoms with E-state index in [0.717, 1.165) is 5.56 Å². The number of hydrogen-bond donors (Lipinski definition) is 2. The zero-order valence-corrected chi connectivity index (χ0v) is 11.1. The molecule has 2 N–H and O–H groups in total. The molecule has 1 aromatic carbocycles. The van der Waals surface area contributed by atoms with Gasteiger partial charge in [0.2, 0.25) is 5.91 Å². The van der Waals surface area contributed by atoms with E-state index in [9.17, 15) is 18.0 Å². The molecule has 2 rings (SSSR count). The van der Waals surface area contributed by atoms with Crippen molar-refractivity contribution in [2.75, 3.05) is 18.4 Å². The number of hydrogen-bond acceptors (Lipinski definition) is 3. The number of nitrogens with zero attached hydrogens (tertiary/aromatic N) is 1. The Kier molecular flexibility index (Phi) is 4.19. The van der Waals surface area contributed by atoms with Crippen LogP contribution in [0.1, 0.15) is 12.0 Å². The van der Waals surface area contributed by atoms with E-state index in [1.807, 2.05) is 6.07 Å². The van der Waals surface area contributed by atoms with Crippen LogP contribution in [-0.2, 0) is 11.2 Å². The maximum Gasteiger partial charge on any atom is 0.404 e. The first-order chi connectivity index (χ1) is 9.89. The van der Waals surface area contributed by atoms with E-state index in [0.29, 0.717) is 0 Å².